The predicted molar refractivity (Wildman–Crippen MR) is 114 cm³/mol. The van der Waals surface area contributed by atoms with Crippen LogP contribution >= 0.6 is 11.6 Å². The fourth-order valence-electron chi connectivity index (χ4n) is 3.22. The van der Waals surface area contributed by atoms with Gasteiger partial charge in [-0.1, -0.05) is 35.9 Å². The summed E-state index contributed by atoms with van der Waals surface area (Å²) in [4.78, 5) is 4.32. The van der Waals surface area contributed by atoms with Gasteiger partial charge in [-0.25, -0.2) is 8.42 Å². The second-order valence-corrected chi connectivity index (χ2v) is 8.85. The smallest absolute Gasteiger partial charge is 0.208 e. The van der Waals surface area contributed by atoms with Gasteiger partial charge in [-0.2, -0.15) is 10.5 Å². The van der Waals surface area contributed by atoms with E-state index in [-0.39, 0.29) is 15.4 Å². The SMILES string of the molecule is N#Cc1cccc(S(=O)(=O)c2cnc3cc(C#N)ccc3c2-c2ccc(Cl)cc2)c1. The average molecular weight is 430 g/mol. The van der Waals surface area contributed by atoms with Gasteiger partial charge in [0.1, 0.15) is 0 Å². The van der Waals surface area contributed by atoms with Gasteiger partial charge >= 0.3 is 0 Å². The first-order valence-corrected chi connectivity index (χ1v) is 10.6. The highest BCUT2D eigenvalue weighted by Gasteiger charge is 2.25. The molecule has 0 saturated carbocycles. The number of rotatable bonds is 3. The predicted octanol–water partition coefficient (Wildman–Crippen LogP) is 5.13. The summed E-state index contributed by atoms with van der Waals surface area (Å²) in [6.07, 6.45) is 1.29. The van der Waals surface area contributed by atoms with Crippen molar-refractivity contribution in [2.75, 3.05) is 0 Å². The van der Waals surface area contributed by atoms with Crippen LogP contribution in [-0.2, 0) is 9.84 Å². The van der Waals surface area contributed by atoms with Gasteiger partial charge < -0.3 is 0 Å². The van der Waals surface area contributed by atoms with E-state index in [1.807, 2.05) is 6.07 Å². The molecule has 144 valence electrons. The van der Waals surface area contributed by atoms with Crippen LogP contribution < -0.4 is 0 Å². The summed E-state index contributed by atoms with van der Waals surface area (Å²) in [7, 11) is -3.98. The van der Waals surface area contributed by atoms with Crippen molar-refractivity contribution in [1.29, 1.82) is 10.5 Å². The molecule has 1 aromatic heterocycles. The molecule has 5 nitrogen and oxygen atoms in total. The maximum atomic E-state index is 13.5. The Morgan fingerprint density at radius 3 is 2.27 bits per heavy atom. The van der Waals surface area contributed by atoms with Crippen molar-refractivity contribution < 1.29 is 8.42 Å². The Kier molecular flexibility index (Phi) is 4.97. The summed E-state index contributed by atoms with van der Waals surface area (Å²) >= 11 is 6.02. The first-order chi connectivity index (χ1) is 14.4. The molecule has 0 aliphatic carbocycles. The highest BCUT2D eigenvalue weighted by Crippen LogP contribution is 2.37. The summed E-state index contributed by atoms with van der Waals surface area (Å²) in [5.41, 5.74) is 2.28. The lowest BCUT2D eigenvalue weighted by molar-refractivity contribution is 0.596. The van der Waals surface area contributed by atoms with Crippen molar-refractivity contribution >= 4 is 32.3 Å². The lowest BCUT2D eigenvalue weighted by atomic mass is 10.0. The number of sulfone groups is 1. The van der Waals surface area contributed by atoms with Gasteiger partial charge in [-0.15, -0.1) is 0 Å². The molecule has 3 aromatic carbocycles. The molecule has 7 heteroatoms. The topological polar surface area (TPSA) is 94.6 Å². The van der Waals surface area contributed by atoms with E-state index in [4.69, 9.17) is 16.9 Å². The van der Waals surface area contributed by atoms with Crippen molar-refractivity contribution in [3.63, 3.8) is 0 Å². The van der Waals surface area contributed by atoms with E-state index >= 15 is 0 Å². The van der Waals surface area contributed by atoms with Crippen LogP contribution in [-0.4, -0.2) is 13.4 Å². The van der Waals surface area contributed by atoms with Crippen LogP contribution in [0.4, 0.5) is 0 Å². The van der Waals surface area contributed by atoms with Gasteiger partial charge in [0.05, 0.1) is 38.6 Å². The molecule has 30 heavy (non-hydrogen) atoms. The zero-order valence-electron chi connectivity index (χ0n) is 15.4. The maximum absolute atomic E-state index is 13.5. The number of benzene rings is 3. The van der Waals surface area contributed by atoms with Crippen LogP contribution in [0.2, 0.25) is 5.02 Å². The largest absolute Gasteiger partial charge is 0.255 e. The first-order valence-electron chi connectivity index (χ1n) is 8.78. The van der Waals surface area contributed by atoms with Crippen LogP contribution in [0.15, 0.2) is 82.7 Å². The van der Waals surface area contributed by atoms with E-state index in [1.54, 1.807) is 48.5 Å². The highest BCUT2D eigenvalue weighted by molar-refractivity contribution is 7.91. The molecule has 0 amide bonds. The van der Waals surface area contributed by atoms with Crippen molar-refractivity contribution in [3.8, 4) is 23.3 Å². The van der Waals surface area contributed by atoms with Crippen molar-refractivity contribution in [2.24, 2.45) is 0 Å². The van der Waals surface area contributed by atoms with Gasteiger partial charge in [-0.3, -0.25) is 4.98 Å². The zero-order valence-corrected chi connectivity index (χ0v) is 16.9. The molecular weight excluding hydrogens is 418 g/mol. The average Bonchev–Trinajstić information content (AvgIpc) is 2.78. The van der Waals surface area contributed by atoms with Crippen LogP contribution in [0.25, 0.3) is 22.0 Å². The third kappa shape index (κ3) is 3.40. The standard InChI is InChI=1S/C23H12ClN3O2S/c24-18-7-5-17(6-8-18)23-20-9-4-16(13-26)11-21(20)27-14-22(23)30(28,29)19-3-1-2-15(10-19)12-25/h1-11,14H. The minimum atomic E-state index is -3.98. The lowest BCUT2D eigenvalue weighted by Crippen LogP contribution is -2.06. The van der Waals surface area contributed by atoms with Crippen LogP contribution in [0.3, 0.4) is 0 Å². The molecule has 0 fully saturated rings. The molecule has 4 rings (SSSR count). The molecule has 0 radical (unpaired) electrons. The Labute approximate surface area is 178 Å². The van der Waals surface area contributed by atoms with E-state index in [0.717, 1.165) is 0 Å². The third-order valence-electron chi connectivity index (χ3n) is 4.66. The molecule has 0 N–H and O–H groups in total. The van der Waals surface area contributed by atoms with Crippen LogP contribution in [0.5, 0.6) is 0 Å². The number of halogens is 1. The van der Waals surface area contributed by atoms with Crippen molar-refractivity contribution in [2.45, 2.75) is 9.79 Å². The molecule has 0 aliphatic rings. The van der Waals surface area contributed by atoms with Crippen LogP contribution in [0, 0.1) is 22.7 Å². The van der Waals surface area contributed by atoms with Gasteiger partial charge in [0, 0.05) is 22.2 Å². The third-order valence-corrected chi connectivity index (χ3v) is 6.67. The zero-order chi connectivity index (χ0) is 21.3. The quantitative estimate of drug-likeness (QED) is 0.449. The van der Waals surface area contributed by atoms with Crippen molar-refractivity contribution in [1.82, 2.24) is 4.98 Å². The van der Waals surface area contributed by atoms with Gasteiger partial charge in [-0.05, 0) is 48.0 Å². The first kappa shape index (κ1) is 19.6. The second kappa shape index (κ2) is 7.61. The van der Waals surface area contributed by atoms with Gasteiger partial charge in [0.15, 0.2) is 0 Å². The molecular formula is C23H12ClN3O2S. The fraction of sp³-hybridized carbons (Fsp3) is 0. The summed E-state index contributed by atoms with van der Waals surface area (Å²) in [6, 6.07) is 21.6. The Morgan fingerprint density at radius 2 is 1.57 bits per heavy atom. The van der Waals surface area contributed by atoms with Crippen LogP contribution in [0.1, 0.15) is 11.1 Å². The fourth-order valence-corrected chi connectivity index (χ4v) is 4.83. The molecule has 4 aromatic rings. The number of fused-ring (bicyclic) bond motifs is 1. The number of pyridine rings is 1. The van der Waals surface area contributed by atoms with E-state index in [0.29, 0.717) is 32.6 Å². The van der Waals surface area contributed by atoms with E-state index in [2.05, 4.69) is 11.1 Å². The molecule has 1 heterocycles. The van der Waals surface area contributed by atoms with E-state index in [1.165, 1.54) is 24.4 Å². The highest BCUT2D eigenvalue weighted by atomic mass is 35.5. The van der Waals surface area contributed by atoms with Gasteiger partial charge in [0.25, 0.3) is 0 Å². The lowest BCUT2D eigenvalue weighted by Gasteiger charge is -2.14. The molecule has 0 aliphatic heterocycles. The molecule has 0 atom stereocenters. The maximum Gasteiger partial charge on any atom is 0.208 e. The number of nitriles is 2. The Bertz CT molecular complexity index is 1480. The molecule has 0 saturated heterocycles. The Morgan fingerprint density at radius 1 is 0.867 bits per heavy atom. The molecule has 0 bridgehead atoms. The summed E-state index contributed by atoms with van der Waals surface area (Å²) < 4.78 is 27.0. The Balaban J connectivity index is 2.07. The number of aromatic nitrogens is 1. The minimum absolute atomic E-state index is 0.00607. The Hall–Kier alpha value is -3.71. The molecule has 0 unspecified atom stereocenters. The monoisotopic (exact) mass is 429 g/mol. The van der Waals surface area contributed by atoms with Gasteiger partial charge in [0.2, 0.25) is 9.84 Å². The number of hydrogen-bond donors (Lipinski definition) is 0. The summed E-state index contributed by atoms with van der Waals surface area (Å²) in [5, 5.41) is 19.4. The van der Waals surface area contributed by atoms with Crippen molar-refractivity contribution in [3.05, 3.63) is 89.1 Å². The van der Waals surface area contributed by atoms with E-state index < -0.39 is 9.84 Å². The number of nitrogens with zero attached hydrogens (tertiary/aromatic N) is 3. The summed E-state index contributed by atoms with van der Waals surface area (Å²) in [5.74, 6) is 0. The number of hydrogen-bond acceptors (Lipinski definition) is 5. The van der Waals surface area contributed by atoms with E-state index in [9.17, 15) is 13.7 Å². The second-order valence-electron chi connectivity index (χ2n) is 6.49. The normalized spacial score (nSPS) is 11.0. The molecule has 0 spiro atoms. The summed E-state index contributed by atoms with van der Waals surface area (Å²) in [6.45, 7) is 0. The minimum Gasteiger partial charge on any atom is -0.255 e.